The Hall–Kier alpha value is -2.18. The van der Waals surface area contributed by atoms with Gasteiger partial charge in [0, 0.05) is 24.3 Å². The van der Waals surface area contributed by atoms with Crippen molar-refractivity contribution in [2.75, 3.05) is 18.5 Å². The summed E-state index contributed by atoms with van der Waals surface area (Å²) in [6.07, 6.45) is 2.42. The van der Waals surface area contributed by atoms with Crippen LogP contribution < -0.4 is 5.32 Å². The highest BCUT2D eigenvalue weighted by molar-refractivity contribution is 7.98. The zero-order valence-corrected chi connectivity index (χ0v) is 15.1. The van der Waals surface area contributed by atoms with Gasteiger partial charge in [0.1, 0.15) is 11.6 Å². The number of fused-ring (bicyclic) bond motifs is 1. The van der Waals surface area contributed by atoms with Crippen molar-refractivity contribution in [1.29, 1.82) is 0 Å². The van der Waals surface area contributed by atoms with Crippen molar-refractivity contribution >= 4 is 28.5 Å². The Morgan fingerprint density at radius 2 is 1.96 bits per heavy atom. The van der Waals surface area contributed by atoms with Gasteiger partial charge in [-0.2, -0.15) is 0 Å². The molecule has 1 aromatic heterocycles. The molecule has 0 bridgehead atoms. The Labute approximate surface area is 156 Å². The number of anilines is 1. The smallest absolute Gasteiger partial charge is 0.190 e. The van der Waals surface area contributed by atoms with Gasteiger partial charge in [-0.25, -0.2) is 14.4 Å². The number of aromatic nitrogens is 2. The number of nitrogens with one attached hydrogen (secondary N) is 1. The Bertz CT molecular complexity index is 899. The van der Waals surface area contributed by atoms with E-state index in [4.69, 9.17) is 4.74 Å². The molecule has 1 aliphatic rings. The molecule has 1 fully saturated rings. The number of rotatable bonds is 6. The molecule has 26 heavy (non-hydrogen) atoms. The number of ether oxygens (including phenoxy) is 1. The molecule has 0 amide bonds. The number of thioether (sulfide) groups is 1. The Morgan fingerprint density at radius 1 is 1.12 bits per heavy atom. The van der Waals surface area contributed by atoms with Gasteiger partial charge in [0.25, 0.3) is 0 Å². The predicted molar refractivity (Wildman–Crippen MR) is 103 cm³/mol. The summed E-state index contributed by atoms with van der Waals surface area (Å²) in [4.78, 5) is 9.29. The second kappa shape index (κ2) is 8.01. The van der Waals surface area contributed by atoms with E-state index in [1.165, 1.54) is 17.8 Å². The van der Waals surface area contributed by atoms with Crippen LogP contribution >= 0.6 is 11.8 Å². The number of nitrogens with zero attached hydrogens (tertiary/aromatic N) is 2. The third-order valence-electron chi connectivity index (χ3n) is 4.42. The minimum absolute atomic E-state index is 0.197. The zero-order valence-electron chi connectivity index (χ0n) is 14.3. The fraction of sp³-hybridized carbons (Fsp3) is 0.300. The van der Waals surface area contributed by atoms with E-state index in [0.29, 0.717) is 16.5 Å². The summed E-state index contributed by atoms with van der Waals surface area (Å²) < 4.78 is 19.5. The minimum atomic E-state index is -0.197. The number of benzene rings is 2. The van der Waals surface area contributed by atoms with Gasteiger partial charge in [-0.3, -0.25) is 0 Å². The standard InChI is InChI=1S/C20H20FN3OS/c21-17-9-3-1-6-14(17)13-26-20-23-18-10-4-2-8-16(18)19(24-20)22-12-15-7-5-11-25-15/h1-4,6,8-10,15H,5,7,11-13H2,(H,22,23,24)/t15-/m0/s1. The molecule has 4 nitrogen and oxygen atoms in total. The van der Waals surface area contributed by atoms with Crippen LogP contribution in [-0.2, 0) is 10.5 Å². The lowest BCUT2D eigenvalue weighted by molar-refractivity contribution is 0.120. The molecule has 2 aromatic carbocycles. The molecular weight excluding hydrogens is 349 g/mol. The molecule has 0 spiro atoms. The second-order valence-electron chi connectivity index (χ2n) is 6.27. The molecule has 4 rings (SSSR count). The van der Waals surface area contributed by atoms with E-state index >= 15 is 0 Å². The van der Waals surface area contributed by atoms with Gasteiger partial charge in [-0.05, 0) is 36.6 Å². The van der Waals surface area contributed by atoms with E-state index in [1.54, 1.807) is 12.1 Å². The lowest BCUT2D eigenvalue weighted by Gasteiger charge is -2.14. The van der Waals surface area contributed by atoms with Crippen LogP contribution in [0.2, 0.25) is 0 Å². The summed E-state index contributed by atoms with van der Waals surface area (Å²) in [5.41, 5.74) is 1.54. The number of halogens is 1. The van der Waals surface area contributed by atoms with Crippen molar-refractivity contribution in [3.8, 4) is 0 Å². The quantitative estimate of drug-likeness (QED) is 0.506. The van der Waals surface area contributed by atoms with Crippen LogP contribution in [0.1, 0.15) is 18.4 Å². The fourth-order valence-electron chi connectivity index (χ4n) is 3.03. The molecule has 2 heterocycles. The highest BCUT2D eigenvalue weighted by Crippen LogP contribution is 2.27. The summed E-state index contributed by atoms with van der Waals surface area (Å²) in [7, 11) is 0. The van der Waals surface area contributed by atoms with Crippen LogP contribution in [0.4, 0.5) is 10.2 Å². The molecule has 6 heteroatoms. The van der Waals surface area contributed by atoms with Gasteiger partial charge in [-0.1, -0.05) is 42.1 Å². The third-order valence-corrected chi connectivity index (χ3v) is 5.31. The van der Waals surface area contributed by atoms with Crippen molar-refractivity contribution in [1.82, 2.24) is 9.97 Å². The van der Waals surface area contributed by atoms with E-state index in [1.807, 2.05) is 30.3 Å². The van der Waals surface area contributed by atoms with Gasteiger partial charge in [-0.15, -0.1) is 0 Å². The molecule has 1 aliphatic heterocycles. The summed E-state index contributed by atoms with van der Waals surface area (Å²) in [5, 5.41) is 5.04. The number of para-hydroxylation sites is 1. The molecule has 0 aliphatic carbocycles. The molecule has 0 radical (unpaired) electrons. The second-order valence-corrected chi connectivity index (χ2v) is 7.21. The molecule has 1 N–H and O–H groups in total. The Balaban J connectivity index is 1.55. The maximum atomic E-state index is 13.8. The minimum Gasteiger partial charge on any atom is -0.376 e. The van der Waals surface area contributed by atoms with Crippen LogP contribution in [0.5, 0.6) is 0 Å². The monoisotopic (exact) mass is 369 g/mol. The van der Waals surface area contributed by atoms with Gasteiger partial charge < -0.3 is 10.1 Å². The first-order valence-corrected chi connectivity index (χ1v) is 9.76. The number of hydrogen-bond acceptors (Lipinski definition) is 5. The van der Waals surface area contributed by atoms with Gasteiger partial charge in [0.15, 0.2) is 5.16 Å². The van der Waals surface area contributed by atoms with E-state index in [2.05, 4.69) is 15.3 Å². The van der Waals surface area contributed by atoms with E-state index in [0.717, 1.165) is 42.7 Å². The van der Waals surface area contributed by atoms with Gasteiger partial charge in [0.2, 0.25) is 0 Å². The molecule has 1 saturated heterocycles. The fourth-order valence-corrected chi connectivity index (χ4v) is 3.87. The molecule has 134 valence electrons. The zero-order chi connectivity index (χ0) is 17.8. The van der Waals surface area contributed by atoms with Crippen LogP contribution in [0, 0.1) is 5.82 Å². The maximum Gasteiger partial charge on any atom is 0.190 e. The third kappa shape index (κ3) is 3.97. The summed E-state index contributed by atoms with van der Waals surface area (Å²) >= 11 is 1.44. The van der Waals surface area contributed by atoms with Crippen LogP contribution in [0.15, 0.2) is 53.7 Å². The topological polar surface area (TPSA) is 47.0 Å². The average Bonchev–Trinajstić information content (AvgIpc) is 3.19. The first-order chi connectivity index (χ1) is 12.8. The lowest BCUT2D eigenvalue weighted by atomic mass is 10.2. The number of hydrogen-bond donors (Lipinski definition) is 1. The average molecular weight is 369 g/mol. The van der Waals surface area contributed by atoms with Gasteiger partial charge >= 0.3 is 0 Å². The molecule has 0 saturated carbocycles. The van der Waals surface area contributed by atoms with E-state index in [9.17, 15) is 4.39 Å². The van der Waals surface area contributed by atoms with Crippen LogP contribution in [0.3, 0.4) is 0 Å². The van der Waals surface area contributed by atoms with Crippen molar-refractivity contribution in [3.63, 3.8) is 0 Å². The van der Waals surface area contributed by atoms with Gasteiger partial charge in [0.05, 0.1) is 11.6 Å². The highest BCUT2D eigenvalue weighted by Gasteiger charge is 2.16. The molecule has 3 aromatic rings. The normalized spacial score (nSPS) is 16.9. The maximum absolute atomic E-state index is 13.8. The van der Waals surface area contributed by atoms with E-state index in [-0.39, 0.29) is 11.9 Å². The summed E-state index contributed by atoms with van der Waals surface area (Å²) in [6, 6.07) is 14.7. The molecule has 1 atom stereocenters. The summed E-state index contributed by atoms with van der Waals surface area (Å²) in [6.45, 7) is 1.57. The largest absolute Gasteiger partial charge is 0.376 e. The van der Waals surface area contributed by atoms with Crippen molar-refractivity contribution in [2.24, 2.45) is 0 Å². The Morgan fingerprint density at radius 3 is 2.81 bits per heavy atom. The van der Waals surface area contributed by atoms with E-state index < -0.39 is 0 Å². The summed E-state index contributed by atoms with van der Waals surface area (Å²) in [5.74, 6) is 1.11. The molecular formula is C20H20FN3OS. The van der Waals surface area contributed by atoms with Crippen LogP contribution in [-0.4, -0.2) is 29.2 Å². The predicted octanol–water partition coefficient (Wildman–Crippen LogP) is 4.65. The lowest BCUT2D eigenvalue weighted by Crippen LogP contribution is -2.19. The Kier molecular flexibility index (Phi) is 5.32. The first kappa shape index (κ1) is 17.2. The van der Waals surface area contributed by atoms with Crippen molar-refractivity contribution in [3.05, 3.63) is 59.9 Å². The van der Waals surface area contributed by atoms with Crippen molar-refractivity contribution < 1.29 is 9.13 Å². The van der Waals surface area contributed by atoms with Crippen LogP contribution in [0.25, 0.3) is 10.9 Å². The molecule has 0 unspecified atom stereocenters. The van der Waals surface area contributed by atoms with Crippen molar-refractivity contribution in [2.45, 2.75) is 29.9 Å². The highest BCUT2D eigenvalue weighted by atomic mass is 32.2. The first-order valence-electron chi connectivity index (χ1n) is 8.78. The SMILES string of the molecule is Fc1ccccc1CSc1nc(NC[C@@H]2CCCO2)c2ccccc2n1.